The third kappa shape index (κ3) is 6.72. The number of alkyl carbamates (subject to hydrolysis) is 1. The number of ether oxygens (including phenoxy) is 2. The van der Waals surface area contributed by atoms with Crippen LogP contribution in [0.1, 0.15) is 82.5 Å². The molecule has 2 aromatic heterocycles. The molecule has 4 fully saturated rings. The van der Waals surface area contributed by atoms with Crippen molar-refractivity contribution < 1.29 is 29.0 Å². The molecule has 1 saturated carbocycles. The molecule has 13 heteroatoms. The molecule has 278 valence electrons. The molecule has 5 heterocycles. The molecule has 3 amide bonds. The molecule has 2 aromatic carbocycles. The number of imidazole rings is 2. The molecular weight excluding hydrogens is 674 g/mol. The minimum absolute atomic E-state index is 0.0999. The Bertz CT molecular complexity index is 1980. The Morgan fingerprint density at radius 1 is 0.868 bits per heavy atom. The van der Waals surface area contributed by atoms with Crippen LogP contribution in [-0.2, 0) is 19.1 Å². The second-order valence-corrected chi connectivity index (χ2v) is 15.4. The van der Waals surface area contributed by atoms with Gasteiger partial charge in [-0.1, -0.05) is 62.4 Å². The first-order valence-corrected chi connectivity index (χ1v) is 18.7. The zero-order valence-corrected chi connectivity index (χ0v) is 30.4. The van der Waals surface area contributed by atoms with Crippen LogP contribution in [0.2, 0.25) is 0 Å². The van der Waals surface area contributed by atoms with Crippen molar-refractivity contribution in [2.75, 3.05) is 26.8 Å². The van der Waals surface area contributed by atoms with Gasteiger partial charge in [0.2, 0.25) is 5.91 Å². The summed E-state index contributed by atoms with van der Waals surface area (Å²) in [6, 6.07) is 15.4. The van der Waals surface area contributed by atoms with E-state index in [1.807, 2.05) is 24.9 Å². The fourth-order valence-corrected chi connectivity index (χ4v) is 8.23. The average molecular weight is 722 g/mol. The summed E-state index contributed by atoms with van der Waals surface area (Å²) in [5.41, 5.74) is 4.22. The van der Waals surface area contributed by atoms with Gasteiger partial charge in [0.05, 0.1) is 55.1 Å². The minimum atomic E-state index is -1.24. The van der Waals surface area contributed by atoms with Crippen LogP contribution in [0.5, 0.6) is 0 Å². The van der Waals surface area contributed by atoms with Crippen molar-refractivity contribution in [1.82, 2.24) is 35.1 Å². The molecule has 4 aliphatic rings. The number of hydrogen-bond donors (Lipinski definition) is 4. The van der Waals surface area contributed by atoms with Crippen molar-refractivity contribution in [1.29, 1.82) is 0 Å². The van der Waals surface area contributed by atoms with Gasteiger partial charge in [0, 0.05) is 19.6 Å². The number of carbonyl (C=O) groups excluding carboxylic acids is 3. The Morgan fingerprint density at radius 2 is 1.45 bits per heavy atom. The monoisotopic (exact) mass is 721 g/mol. The fraction of sp³-hybridized carbons (Fsp3) is 0.475. The third-order valence-corrected chi connectivity index (χ3v) is 11.4. The lowest BCUT2D eigenvalue weighted by atomic mass is 9.96. The molecule has 4 aromatic rings. The second kappa shape index (κ2) is 13.8. The third-order valence-electron chi connectivity index (χ3n) is 11.4. The van der Waals surface area contributed by atoms with Crippen LogP contribution in [0.25, 0.3) is 33.6 Å². The van der Waals surface area contributed by atoms with Gasteiger partial charge in [-0.15, -0.1) is 0 Å². The Labute approximate surface area is 308 Å². The lowest BCUT2D eigenvalue weighted by Crippen LogP contribution is -2.51. The zero-order chi connectivity index (χ0) is 36.9. The van der Waals surface area contributed by atoms with E-state index in [4.69, 9.17) is 14.5 Å². The van der Waals surface area contributed by atoms with Crippen LogP contribution in [0.3, 0.4) is 0 Å². The molecule has 53 heavy (non-hydrogen) atoms. The summed E-state index contributed by atoms with van der Waals surface area (Å²) in [7, 11) is 1.29. The number of amides is 3. The molecule has 8 rings (SSSR count). The molecule has 3 saturated heterocycles. The van der Waals surface area contributed by atoms with E-state index in [-0.39, 0.29) is 35.4 Å². The van der Waals surface area contributed by atoms with E-state index in [1.165, 1.54) is 7.11 Å². The first kappa shape index (κ1) is 35.0. The Kier molecular flexibility index (Phi) is 9.10. The van der Waals surface area contributed by atoms with Crippen molar-refractivity contribution in [3.05, 3.63) is 72.6 Å². The molecule has 1 aliphatic carbocycles. The number of nitrogens with one attached hydrogen (secondary N) is 3. The average Bonchev–Trinajstić information content (AvgIpc) is 3.86. The van der Waals surface area contributed by atoms with Crippen LogP contribution < -0.4 is 5.32 Å². The van der Waals surface area contributed by atoms with Gasteiger partial charge in [-0.25, -0.2) is 14.8 Å². The van der Waals surface area contributed by atoms with E-state index in [1.54, 1.807) is 11.1 Å². The maximum atomic E-state index is 13.5. The van der Waals surface area contributed by atoms with Crippen molar-refractivity contribution in [3.63, 3.8) is 0 Å². The summed E-state index contributed by atoms with van der Waals surface area (Å²) >= 11 is 0. The quantitative estimate of drug-likeness (QED) is 0.175. The van der Waals surface area contributed by atoms with Crippen LogP contribution in [-0.4, -0.2) is 96.8 Å². The fourth-order valence-electron chi connectivity index (χ4n) is 8.23. The Balaban J connectivity index is 0.938. The largest absolute Gasteiger partial charge is 0.453 e. The highest BCUT2D eigenvalue weighted by Crippen LogP contribution is 2.48. The predicted molar refractivity (Wildman–Crippen MR) is 196 cm³/mol. The van der Waals surface area contributed by atoms with Crippen molar-refractivity contribution in [2.45, 2.75) is 88.1 Å². The molecule has 3 aliphatic heterocycles. The van der Waals surface area contributed by atoms with Crippen LogP contribution in [0.15, 0.2) is 60.9 Å². The van der Waals surface area contributed by atoms with Gasteiger partial charge in [0.15, 0.2) is 0 Å². The van der Waals surface area contributed by atoms with Gasteiger partial charge in [-0.05, 0) is 66.7 Å². The first-order chi connectivity index (χ1) is 25.6. The number of rotatable bonds is 9. The highest BCUT2D eigenvalue weighted by atomic mass is 16.5. The van der Waals surface area contributed by atoms with Crippen molar-refractivity contribution in [2.24, 2.45) is 5.92 Å². The van der Waals surface area contributed by atoms with Gasteiger partial charge in [-0.2, -0.15) is 0 Å². The van der Waals surface area contributed by atoms with Crippen LogP contribution in [0, 0.1) is 5.92 Å². The molecule has 1 spiro atoms. The maximum absolute atomic E-state index is 13.5. The number of likely N-dealkylation sites (tertiary alicyclic amines) is 2. The SMILES string of the molecule is COC(=O)N[C@H](C(=O)N1CCC[C@H]1c1ncc(-c2ccc(-c3ccc(-c4cnc([C@@H]5C[C@@]6(CCCO6)CN5C(=O)C5(O)CC5)[nH]4)cc3)cc2)[nH]1)C(C)C. The molecule has 4 atom stereocenters. The minimum Gasteiger partial charge on any atom is -0.453 e. The molecule has 0 radical (unpaired) electrons. The number of aliphatic hydroxyl groups is 1. The summed E-state index contributed by atoms with van der Waals surface area (Å²) in [5, 5.41) is 13.4. The van der Waals surface area contributed by atoms with Crippen LogP contribution in [0.4, 0.5) is 4.79 Å². The van der Waals surface area contributed by atoms with Gasteiger partial charge in [-0.3, -0.25) is 9.59 Å². The lowest BCUT2D eigenvalue weighted by molar-refractivity contribution is -0.144. The van der Waals surface area contributed by atoms with E-state index >= 15 is 0 Å². The number of H-pyrrole nitrogens is 2. The van der Waals surface area contributed by atoms with Gasteiger partial charge >= 0.3 is 6.09 Å². The van der Waals surface area contributed by atoms with Gasteiger partial charge < -0.3 is 39.7 Å². The number of carbonyl (C=O) groups is 3. The standard InChI is InChI=1S/C40H47N7O6/c1-24(2)33(45-38(50)52-3)36(48)46-18-4-6-31(46)34-41-21-29(43-34)27-11-7-25(8-12-27)26-9-13-28(14-10-26)30-22-42-35(44-30)32-20-39(15-5-19-53-39)23-47(32)37(49)40(51)16-17-40/h7-14,21-22,24,31-33,51H,4-6,15-20,23H2,1-3H3,(H,41,43)(H,42,44)(H,45,50)/t31-,32-,33-,39-/m0/s1. The number of aromatic amines is 2. The second-order valence-electron chi connectivity index (χ2n) is 15.4. The van der Waals surface area contributed by atoms with E-state index in [0.717, 1.165) is 65.1 Å². The molecule has 4 N–H and O–H groups in total. The normalized spacial score (nSPS) is 23.9. The van der Waals surface area contributed by atoms with Crippen molar-refractivity contribution in [3.8, 4) is 33.6 Å². The number of aromatic nitrogens is 4. The summed E-state index contributed by atoms with van der Waals surface area (Å²) in [5.74, 6) is 0.996. The maximum Gasteiger partial charge on any atom is 0.407 e. The number of methoxy groups -OCH3 is 1. The van der Waals surface area contributed by atoms with E-state index in [9.17, 15) is 19.5 Å². The van der Waals surface area contributed by atoms with Crippen molar-refractivity contribution >= 4 is 17.9 Å². The summed E-state index contributed by atoms with van der Waals surface area (Å²) in [6.45, 7) is 5.59. The number of hydrogen-bond acceptors (Lipinski definition) is 8. The molecular formula is C40H47N7O6. The van der Waals surface area contributed by atoms with E-state index in [2.05, 4.69) is 68.8 Å². The molecule has 0 bridgehead atoms. The summed E-state index contributed by atoms with van der Waals surface area (Å²) < 4.78 is 10.9. The van der Waals surface area contributed by atoms with E-state index in [0.29, 0.717) is 44.8 Å². The summed E-state index contributed by atoms with van der Waals surface area (Å²) in [4.78, 5) is 58.7. The lowest BCUT2D eigenvalue weighted by Gasteiger charge is -2.30. The highest BCUT2D eigenvalue weighted by molar-refractivity contribution is 5.88. The zero-order valence-electron chi connectivity index (χ0n) is 30.4. The van der Waals surface area contributed by atoms with Crippen LogP contribution >= 0.6 is 0 Å². The molecule has 13 nitrogen and oxygen atoms in total. The molecule has 0 unspecified atom stereocenters. The number of benzene rings is 2. The van der Waals surface area contributed by atoms with Gasteiger partial charge in [0.25, 0.3) is 5.91 Å². The Hall–Kier alpha value is -5.01. The topological polar surface area (TPSA) is 166 Å². The highest BCUT2D eigenvalue weighted by Gasteiger charge is 2.57. The first-order valence-electron chi connectivity index (χ1n) is 18.7. The smallest absolute Gasteiger partial charge is 0.407 e. The predicted octanol–water partition coefficient (Wildman–Crippen LogP) is 5.53. The summed E-state index contributed by atoms with van der Waals surface area (Å²) in [6.07, 6.45) is 8.21. The number of nitrogens with zero attached hydrogens (tertiary/aromatic N) is 4. The Morgan fingerprint density at radius 3 is 1.98 bits per heavy atom. The van der Waals surface area contributed by atoms with Gasteiger partial charge in [0.1, 0.15) is 23.3 Å². The van der Waals surface area contributed by atoms with E-state index < -0.39 is 17.7 Å².